The van der Waals surface area contributed by atoms with Crippen LogP contribution in [-0.4, -0.2) is 20.6 Å². The molecule has 0 atom stereocenters. The lowest BCUT2D eigenvalue weighted by Gasteiger charge is -2.08. The van der Waals surface area contributed by atoms with Crippen molar-refractivity contribution >= 4 is 17.4 Å². The molecule has 0 N–H and O–H groups in total. The first kappa shape index (κ1) is 14.0. The van der Waals surface area contributed by atoms with Crippen LogP contribution in [0.3, 0.4) is 0 Å². The minimum atomic E-state index is 0.899. The van der Waals surface area contributed by atoms with Crippen molar-refractivity contribution in [3.05, 3.63) is 73.1 Å². The van der Waals surface area contributed by atoms with E-state index in [9.17, 15) is 0 Å². The Labute approximate surface area is 139 Å². The summed E-state index contributed by atoms with van der Waals surface area (Å²) in [4.78, 5) is 9.36. The smallest absolute Gasteiger partial charge is 0.170 e. The van der Waals surface area contributed by atoms with Gasteiger partial charge in [-0.25, -0.2) is 9.97 Å². The van der Waals surface area contributed by atoms with E-state index < -0.39 is 0 Å². The molecule has 0 aliphatic carbocycles. The van der Waals surface area contributed by atoms with E-state index in [1.807, 2.05) is 48.9 Å². The van der Waals surface area contributed by atoms with Crippen molar-refractivity contribution in [2.45, 2.75) is 5.03 Å². The summed E-state index contributed by atoms with van der Waals surface area (Å²) in [5.74, 6) is 0. The third kappa shape index (κ3) is 2.51. The van der Waals surface area contributed by atoms with Crippen LogP contribution in [0.1, 0.15) is 0 Å². The van der Waals surface area contributed by atoms with Gasteiger partial charge in [-0.1, -0.05) is 60.7 Å². The van der Waals surface area contributed by atoms with Crippen LogP contribution in [0.5, 0.6) is 0 Å². The Kier molecular flexibility index (Phi) is 3.60. The molecule has 2 heterocycles. The maximum absolute atomic E-state index is 4.78. The van der Waals surface area contributed by atoms with E-state index in [0.717, 1.165) is 33.2 Å². The molecule has 0 bridgehead atoms. The lowest BCUT2D eigenvalue weighted by molar-refractivity contribution is 1.04. The monoisotopic (exact) mass is 317 g/mol. The Morgan fingerprint density at radius 2 is 1.52 bits per heavy atom. The zero-order valence-corrected chi connectivity index (χ0v) is 13.5. The third-order valence-corrected chi connectivity index (χ3v) is 4.45. The molecule has 0 aliphatic heterocycles. The lowest BCUT2D eigenvalue weighted by Crippen LogP contribution is -1.96. The number of hydrogen-bond donors (Lipinski definition) is 0. The van der Waals surface area contributed by atoms with Crippen LogP contribution in [0.4, 0.5) is 0 Å². The van der Waals surface area contributed by atoms with Crippen LogP contribution in [0.2, 0.25) is 0 Å². The highest BCUT2D eigenvalue weighted by Gasteiger charge is 2.12. The second kappa shape index (κ2) is 5.89. The maximum Gasteiger partial charge on any atom is 0.170 e. The predicted molar refractivity (Wildman–Crippen MR) is 95.6 cm³/mol. The predicted octanol–water partition coefficient (Wildman–Crippen LogP) is 4.79. The molecule has 0 unspecified atom stereocenters. The van der Waals surface area contributed by atoms with Gasteiger partial charge in [0.2, 0.25) is 0 Å². The highest BCUT2D eigenvalue weighted by molar-refractivity contribution is 7.98. The number of thioether (sulfide) groups is 1. The molecule has 3 nitrogen and oxygen atoms in total. The van der Waals surface area contributed by atoms with E-state index in [1.165, 1.54) is 0 Å². The minimum absolute atomic E-state index is 0.899. The van der Waals surface area contributed by atoms with Crippen molar-refractivity contribution in [3.8, 4) is 22.5 Å². The highest BCUT2D eigenvalue weighted by atomic mass is 32.2. The van der Waals surface area contributed by atoms with E-state index >= 15 is 0 Å². The number of hydrogen-bond acceptors (Lipinski definition) is 3. The molecular weight excluding hydrogens is 302 g/mol. The number of aromatic nitrogens is 3. The van der Waals surface area contributed by atoms with Crippen LogP contribution < -0.4 is 0 Å². The normalized spacial score (nSPS) is 11.0. The standard InChI is InChI=1S/C19H15N3S/c1-23-19-18-20-12-17(15-10-6-3-7-11-15)22(18)13-16(21-19)14-8-4-2-5-9-14/h2-13H,1H3. The quantitative estimate of drug-likeness (QED) is 0.509. The van der Waals surface area contributed by atoms with E-state index in [-0.39, 0.29) is 0 Å². The highest BCUT2D eigenvalue weighted by Crippen LogP contribution is 2.28. The summed E-state index contributed by atoms with van der Waals surface area (Å²) in [6.45, 7) is 0. The van der Waals surface area contributed by atoms with Gasteiger partial charge in [-0.15, -0.1) is 11.8 Å². The lowest BCUT2D eigenvalue weighted by atomic mass is 10.1. The molecule has 23 heavy (non-hydrogen) atoms. The molecule has 4 rings (SSSR count). The number of nitrogens with zero attached hydrogens (tertiary/aromatic N) is 3. The number of imidazole rings is 1. The van der Waals surface area contributed by atoms with Gasteiger partial charge in [-0.3, -0.25) is 4.40 Å². The van der Waals surface area contributed by atoms with Gasteiger partial charge in [-0.05, 0) is 6.26 Å². The zero-order chi connectivity index (χ0) is 15.6. The largest absolute Gasteiger partial charge is 0.295 e. The molecule has 4 heteroatoms. The molecule has 112 valence electrons. The van der Waals surface area contributed by atoms with Crippen LogP contribution in [0, 0.1) is 0 Å². The number of rotatable bonds is 3. The topological polar surface area (TPSA) is 30.2 Å². The summed E-state index contributed by atoms with van der Waals surface area (Å²) in [6, 6.07) is 20.6. The molecule has 0 amide bonds. The fourth-order valence-corrected chi connectivity index (χ4v) is 3.19. The summed E-state index contributed by atoms with van der Waals surface area (Å²) in [5.41, 5.74) is 5.19. The SMILES string of the molecule is CSc1nc(-c2ccccc2)cn2c(-c3ccccc3)cnc12. The molecule has 4 aromatic rings. The van der Waals surface area contributed by atoms with Crippen molar-refractivity contribution in [2.24, 2.45) is 0 Å². The summed E-state index contributed by atoms with van der Waals surface area (Å²) in [6.07, 6.45) is 6.02. The molecule has 0 saturated heterocycles. The van der Waals surface area contributed by atoms with Crippen LogP contribution in [0.25, 0.3) is 28.2 Å². The van der Waals surface area contributed by atoms with E-state index in [4.69, 9.17) is 4.98 Å². The Bertz CT molecular complexity index is 946. The summed E-state index contributed by atoms with van der Waals surface area (Å²) < 4.78 is 2.14. The van der Waals surface area contributed by atoms with Crippen LogP contribution >= 0.6 is 11.8 Å². The summed E-state index contributed by atoms with van der Waals surface area (Å²) in [5, 5.41) is 0.938. The molecule has 0 saturated carbocycles. The van der Waals surface area contributed by atoms with Gasteiger partial charge in [0.15, 0.2) is 5.65 Å². The van der Waals surface area contributed by atoms with Gasteiger partial charge in [0.25, 0.3) is 0 Å². The average Bonchev–Trinajstić information content (AvgIpc) is 3.06. The second-order valence-electron chi connectivity index (χ2n) is 5.20. The molecular formula is C19H15N3S. The number of fused-ring (bicyclic) bond motifs is 1. The third-order valence-electron chi connectivity index (χ3n) is 3.79. The van der Waals surface area contributed by atoms with Gasteiger partial charge in [-0.2, -0.15) is 0 Å². The molecule has 0 radical (unpaired) electrons. The van der Waals surface area contributed by atoms with E-state index in [0.29, 0.717) is 0 Å². The van der Waals surface area contributed by atoms with Gasteiger partial charge < -0.3 is 0 Å². The summed E-state index contributed by atoms with van der Waals surface area (Å²) >= 11 is 1.62. The molecule has 2 aromatic heterocycles. The molecule has 0 aliphatic rings. The minimum Gasteiger partial charge on any atom is -0.295 e. The van der Waals surface area contributed by atoms with E-state index in [2.05, 4.69) is 39.8 Å². The fourth-order valence-electron chi connectivity index (χ4n) is 2.67. The molecule has 0 fully saturated rings. The molecule has 2 aromatic carbocycles. The Morgan fingerprint density at radius 1 is 0.870 bits per heavy atom. The fraction of sp³-hybridized carbons (Fsp3) is 0.0526. The van der Waals surface area contributed by atoms with Crippen molar-refractivity contribution < 1.29 is 0 Å². The second-order valence-corrected chi connectivity index (χ2v) is 6.00. The Morgan fingerprint density at radius 3 is 2.17 bits per heavy atom. The van der Waals surface area contributed by atoms with Gasteiger partial charge in [0.05, 0.1) is 17.6 Å². The van der Waals surface area contributed by atoms with Crippen molar-refractivity contribution in [1.29, 1.82) is 0 Å². The first-order valence-corrected chi connectivity index (χ1v) is 8.62. The van der Waals surface area contributed by atoms with Gasteiger partial charge in [0.1, 0.15) is 5.03 Å². The average molecular weight is 317 g/mol. The van der Waals surface area contributed by atoms with Crippen molar-refractivity contribution in [1.82, 2.24) is 14.4 Å². The Hall–Kier alpha value is -2.59. The molecule has 0 spiro atoms. The first-order chi connectivity index (χ1) is 11.4. The summed E-state index contributed by atoms with van der Waals surface area (Å²) in [7, 11) is 0. The van der Waals surface area contributed by atoms with Gasteiger partial charge >= 0.3 is 0 Å². The van der Waals surface area contributed by atoms with E-state index in [1.54, 1.807) is 11.8 Å². The van der Waals surface area contributed by atoms with Crippen molar-refractivity contribution in [2.75, 3.05) is 6.26 Å². The van der Waals surface area contributed by atoms with Crippen molar-refractivity contribution in [3.63, 3.8) is 0 Å². The maximum atomic E-state index is 4.78. The zero-order valence-electron chi connectivity index (χ0n) is 12.7. The number of benzene rings is 2. The van der Waals surface area contributed by atoms with Crippen LogP contribution in [-0.2, 0) is 0 Å². The van der Waals surface area contributed by atoms with Gasteiger partial charge in [0, 0.05) is 17.3 Å². The Balaban J connectivity index is 1.98. The first-order valence-electron chi connectivity index (χ1n) is 7.40. The van der Waals surface area contributed by atoms with Crippen LogP contribution in [0.15, 0.2) is 78.1 Å².